The Balaban J connectivity index is 3.00. The molecule has 0 aliphatic carbocycles. The highest BCUT2D eigenvalue weighted by Gasteiger charge is 2.21. The molecule has 24 heavy (non-hydrogen) atoms. The van der Waals surface area contributed by atoms with Gasteiger partial charge in [0.15, 0.2) is 0 Å². The number of hydrazone groups is 1. The monoisotopic (exact) mass is 357 g/mol. The fourth-order valence-corrected chi connectivity index (χ4v) is 2.01. The summed E-state index contributed by atoms with van der Waals surface area (Å²) in [6, 6.07) is 7.13. The molecular formula is C16H24ClN3O4. The number of halogens is 1. The van der Waals surface area contributed by atoms with E-state index >= 15 is 0 Å². The molecule has 0 unspecified atom stereocenters. The number of para-hydroxylation sites is 1. The van der Waals surface area contributed by atoms with Gasteiger partial charge in [0.05, 0.1) is 30.5 Å². The third-order valence-electron chi connectivity index (χ3n) is 3.04. The SMILES string of the molecule is CCOC(=O)C(=NNc1ccccc1Cl)N(CCOC)CCOC. The van der Waals surface area contributed by atoms with Gasteiger partial charge in [0, 0.05) is 27.3 Å². The number of anilines is 1. The van der Waals surface area contributed by atoms with E-state index in [9.17, 15) is 4.79 Å². The molecule has 0 atom stereocenters. The molecule has 1 aromatic carbocycles. The molecule has 7 nitrogen and oxygen atoms in total. The summed E-state index contributed by atoms with van der Waals surface area (Å²) in [6.07, 6.45) is 0. The van der Waals surface area contributed by atoms with Crippen LogP contribution in [0.5, 0.6) is 0 Å². The molecule has 0 aliphatic rings. The smallest absolute Gasteiger partial charge is 0.375 e. The first kappa shape index (κ1) is 20.2. The molecule has 134 valence electrons. The van der Waals surface area contributed by atoms with Crippen molar-refractivity contribution in [2.45, 2.75) is 6.92 Å². The number of hydrogen-bond donors (Lipinski definition) is 1. The average molecular weight is 358 g/mol. The summed E-state index contributed by atoms with van der Waals surface area (Å²) in [4.78, 5) is 14.0. The predicted molar refractivity (Wildman–Crippen MR) is 94.5 cm³/mol. The molecule has 0 fully saturated rings. The molecule has 0 bridgehead atoms. The van der Waals surface area contributed by atoms with Gasteiger partial charge in [-0.25, -0.2) is 4.79 Å². The van der Waals surface area contributed by atoms with E-state index < -0.39 is 5.97 Å². The van der Waals surface area contributed by atoms with Gasteiger partial charge in [0.25, 0.3) is 0 Å². The summed E-state index contributed by atoms with van der Waals surface area (Å²) in [5.41, 5.74) is 3.41. The number of rotatable bonds is 9. The number of hydrogen-bond acceptors (Lipinski definition) is 6. The average Bonchev–Trinajstić information content (AvgIpc) is 2.58. The van der Waals surface area contributed by atoms with Gasteiger partial charge in [0.2, 0.25) is 5.84 Å². The Bertz CT molecular complexity index is 532. The van der Waals surface area contributed by atoms with Crippen molar-refractivity contribution in [1.82, 2.24) is 4.90 Å². The van der Waals surface area contributed by atoms with Crippen LogP contribution in [-0.2, 0) is 19.0 Å². The van der Waals surface area contributed by atoms with Gasteiger partial charge in [-0.15, -0.1) is 5.10 Å². The molecule has 1 N–H and O–H groups in total. The van der Waals surface area contributed by atoms with Crippen molar-refractivity contribution in [1.29, 1.82) is 0 Å². The summed E-state index contributed by atoms with van der Waals surface area (Å²) >= 11 is 6.09. The number of nitrogens with zero attached hydrogens (tertiary/aromatic N) is 2. The first-order chi connectivity index (χ1) is 11.6. The van der Waals surface area contributed by atoms with Crippen LogP contribution in [0, 0.1) is 0 Å². The van der Waals surface area contributed by atoms with E-state index in [1.807, 2.05) is 12.1 Å². The predicted octanol–water partition coefficient (Wildman–Crippen LogP) is 2.22. The minimum Gasteiger partial charge on any atom is -0.460 e. The van der Waals surface area contributed by atoms with Crippen LogP contribution in [0.15, 0.2) is 29.4 Å². The maximum absolute atomic E-state index is 12.3. The van der Waals surface area contributed by atoms with Gasteiger partial charge < -0.3 is 19.1 Å². The Morgan fingerprint density at radius 1 is 1.21 bits per heavy atom. The van der Waals surface area contributed by atoms with Crippen LogP contribution in [0.2, 0.25) is 5.02 Å². The topological polar surface area (TPSA) is 72.4 Å². The van der Waals surface area contributed by atoms with Crippen LogP contribution in [0.25, 0.3) is 0 Å². The van der Waals surface area contributed by atoms with Gasteiger partial charge in [-0.2, -0.15) is 0 Å². The number of nitrogens with one attached hydrogen (secondary N) is 1. The van der Waals surface area contributed by atoms with E-state index in [-0.39, 0.29) is 12.4 Å². The van der Waals surface area contributed by atoms with Crippen molar-refractivity contribution in [3.05, 3.63) is 29.3 Å². The number of methoxy groups -OCH3 is 2. The van der Waals surface area contributed by atoms with Gasteiger partial charge >= 0.3 is 5.97 Å². The molecule has 0 saturated carbocycles. The molecule has 0 saturated heterocycles. The fourth-order valence-electron chi connectivity index (χ4n) is 1.83. The Labute approximate surface area is 147 Å². The summed E-state index contributed by atoms with van der Waals surface area (Å²) in [6.45, 7) is 3.82. The number of carbonyl (C=O) groups excluding carboxylic acids is 1. The fraction of sp³-hybridized carbons (Fsp3) is 0.500. The third-order valence-corrected chi connectivity index (χ3v) is 3.37. The van der Waals surface area contributed by atoms with E-state index in [1.165, 1.54) is 0 Å². The molecule has 0 aliphatic heterocycles. The number of esters is 1. The number of amidine groups is 1. The van der Waals surface area contributed by atoms with Gasteiger partial charge in [-0.3, -0.25) is 5.43 Å². The molecule has 0 spiro atoms. The molecule has 1 aromatic rings. The zero-order valence-corrected chi connectivity index (χ0v) is 15.0. The largest absolute Gasteiger partial charge is 0.460 e. The van der Waals surface area contributed by atoms with E-state index in [4.69, 9.17) is 25.8 Å². The lowest BCUT2D eigenvalue weighted by Crippen LogP contribution is -2.42. The molecular weight excluding hydrogens is 334 g/mol. The minimum atomic E-state index is -0.524. The molecule has 0 aromatic heterocycles. The zero-order valence-electron chi connectivity index (χ0n) is 14.3. The lowest BCUT2D eigenvalue weighted by Gasteiger charge is -2.24. The van der Waals surface area contributed by atoms with E-state index in [0.717, 1.165) is 0 Å². The minimum absolute atomic E-state index is 0.144. The Hall–Kier alpha value is -1.83. The number of benzene rings is 1. The summed E-state index contributed by atoms with van der Waals surface area (Å²) in [5.74, 6) is -0.380. The van der Waals surface area contributed by atoms with Crippen LogP contribution in [0.1, 0.15) is 6.92 Å². The van der Waals surface area contributed by atoms with E-state index in [2.05, 4.69) is 10.5 Å². The Morgan fingerprint density at radius 2 is 1.83 bits per heavy atom. The molecule has 0 radical (unpaired) electrons. The Morgan fingerprint density at radius 3 is 2.38 bits per heavy atom. The molecule has 0 heterocycles. The summed E-state index contributed by atoms with van der Waals surface area (Å²) < 4.78 is 15.3. The van der Waals surface area contributed by atoms with Crippen molar-refractivity contribution < 1.29 is 19.0 Å². The number of carbonyl (C=O) groups is 1. The maximum Gasteiger partial charge on any atom is 0.375 e. The number of ether oxygens (including phenoxy) is 3. The zero-order chi connectivity index (χ0) is 17.8. The lowest BCUT2D eigenvalue weighted by atomic mass is 10.3. The van der Waals surface area contributed by atoms with Crippen LogP contribution in [0.3, 0.4) is 0 Å². The molecule has 1 rings (SSSR count). The van der Waals surface area contributed by atoms with E-state index in [0.29, 0.717) is 37.0 Å². The van der Waals surface area contributed by atoms with Crippen molar-refractivity contribution in [3.63, 3.8) is 0 Å². The van der Waals surface area contributed by atoms with Crippen molar-refractivity contribution in [2.75, 3.05) is 52.6 Å². The van der Waals surface area contributed by atoms with Crippen molar-refractivity contribution >= 4 is 29.1 Å². The van der Waals surface area contributed by atoms with E-state index in [1.54, 1.807) is 38.2 Å². The third kappa shape index (κ3) is 6.74. The highest BCUT2D eigenvalue weighted by atomic mass is 35.5. The van der Waals surface area contributed by atoms with Crippen LogP contribution in [0.4, 0.5) is 5.69 Å². The Kier molecular flexibility index (Phi) is 9.83. The standard InChI is InChI=1S/C16H24ClN3O4/c1-4-24-16(21)15(20(9-11-22-2)10-12-23-3)19-18-14-8-6-5-7-13(14)17/h5-8,18H,4,9-12H2,1-3H3. The quantitative estimate of drug-likeness (QED) is 0.316. The summed E-state index contributed by atoms with van der Waals surface area (Å²) in [5, 5.41) is 4.71. The first-order valence-electron chi connectivity index (χ1n) is 7.62. The van der Waals surface area contributed by atoms with Crippen LogP contribution in [-0.4, -0.2) is 63.8 Å². The highest BCUT2D eigenvalue weighted by molar-refractivity contribution is 6.35. The second kappa shape index (κ2) is 11.7. The van der Waals surface area contributed by atoms with Gasteiger partial charge in [-0.1, -0.05) is 23.7 Å². The molecule has 8 heteroatoms. The van der Waals surface area contributed by atoms with Crippen molar-refractivity contribution in [2.24, 2.45) is 5.10 Å². The second-order valence-corrected chi connectivity index (χ2v) is 5.13. The highest BCUT2D eigenvalue weighted by Crippen LogP contribution is 2.20. The van der Waals surface area contributed by atoms with Crippen LogP contribution < -0.4 is 5.43 Å². The second-order valence-electron chi connectivity index (χ2n) is 4.72. The van der Waals surface area contributed by atoms with Crippen LogP contribution >= 0.6 is 11.6 Å². The normalized spacial score (nSPS) is 11.2. The van der Waals surface area contributed by atoms with Gasteiger partial charge in [0.1, 0.15) is 0 Å². The maximum atomic E-state index is 12.3. The van der Waals surface area contributed by atoms with Crippen molar-refractivity contribution in [3.8, 4) is 0 Å². The first-order valence-corrected chi connectivity index (χ1v) is 8.00. The molecule has 0 amide bonds. The lowest BCUT2D eigenvalue weighted by molar-refractivity contribution is -0.136. The summed E-state index contributed by atoms with van der Waals surface area (Å²) in [7, 11) is 3.19. The van der Waals surface area contributed by atoms with Gasteiger partial charge in [-0.05, 0) is 19.1 Å².